The standard InChI is InChI=1S/C18H21N5OS/c1-23(2)17-21-18(25-22-17)20-16(12-8-14(24)9-12)13-7-11-5-3-4-6-15(11)19-10-13/h3-7,10,12,14,16,24H,8-9H2,1-2H3,(H,20,21,22)/t12?,14?,16-/m0/s1. The lowest BCUT2D eigenvalue weighted by Crippen LogP contribution is -2.36. The number of anilines is 2. The Morgan fingerprint density at radius 2 is 2.08 bits per heavy atom. The summed E-state index contributed by atoms with van der Waals surface area (Å²) in [6.45, 7) is 0. The highest BCUT2D eigenvalue weighted by Crippen LogP contribution is 2.40. The first-order valence-electron chi connectivity index (χ1n) is 8.40. The fraction of sp³-hybridized carbons (Fsp3) is 0.389. The zero-order valence-corrected chi connectivity index (χ0v) is 15.1. The number of nitrogens with zero attached hydrogens (tertiary/aromatic N) is 4. The van der Waals surface area contributed by atoms with Crippen molar-refractivity contribution in [3.63, 3.8) is 0 Å². The molecule has 130 valence electrons. The van der Waals surface area contributed by atoms with Crippen molar-refractivity contribution in [2.75, 3.05) is 24.3 Å². The summed E-state index contributed by atoms with van der Waals surface area (Å²) in [4.78, 5) is 11.0. The number of aliphatic hydroxyl groups excluding tert-OH is 1. The van der Waals surface area contributed by atoms with E-state index in [0.29, 0.717) is 11.9 Å². The van der Waals surface area contributed by atoms with Crippen LogP contribution in [0.2, 0.25) is 0 Å². The lowest BCUT2D eigenvalue weighted by atomic mass is 9.75. The van der Waals surface area contributed by atoms with Crippen LogP contribution in [0, 0.1) is 5.92 Å². The van der Waals surface area contributed by atoms with Gasteiger partial charge in [-0.1, -0.05) is 18.2 Å². The third-order valence-corrected chi connectivity index (χ3v) is 5.32. The van der Waals surface area contributed by atoms with Crippen LogP contribution >= 0.6 is 11.5 Å². The van der Waals surface area contributed by atoms with Crippen LogP contribution in [-0.4, -0.2) is 39.6 Å². The van der Waals surface area contributed by atoms with Gasteiger partial charge in [0.1, 0.15) is 0 Å². The maximum Gasteiger partial charge on any atom is 0.238 e. The minimum Gasteiger partial charge on any atom is -0.393 e. The Labute approximate surface area is 150 Å². The molecule has 1 saturated carbocycles. The first kappa shape index (κ1) is 16.2. The molecule has 0 unspecified atom stereocenters. The molecule has 2 N–H and O–H groups in total. The van der Waals surface area contributed by atoms with E-state index in [9.17, 15) is 5.11 Å². The summed E-state index contributed by atoms with van der Waals surface area (Å²) >= 11 is 1.36. The molecule has 4 rings (SSSR count). The van der Waals surface area contributed by atoms with Crippen molar-refractivity contribution in [2.45, 2.75) is 25.0 Å². The van der Waals surface area contributed by atoms with Gasteiger partial charge in [0.05, 0.1) is 17.7 Å². The summed E-state index contributed by atoms with van der Waals surface area (Å²) in [7, 11) is 3.86. The lowest BCUT2D eigenvalue weighted by molar-refractivity contribution is 0.0339. The van der Waals surface area contributed by atoms with Crippen molar-refractivity contribution in [3.05, 3.63) is 42.1 Å². The summed E-state index contributed by atoms with van der Waals surface area (Å²) in [6, 6.07) is 10.4. The van der Waals surface area contributed by atoms with E-state index in [0.717, 1.165) is 34.4 Å². The number of nitrogens with one attached hydrogen (secondary N) is 1. The summed E-state index contributed by atoms with van der Waals surface area (Å²) in [5.74, 6) is 1.07. The van der Waals surface area contributed by atoms with Gasteiger partial charge in [0.15, 0.2) is 0 Å². The summed E-state index contributed by atoms with van der Waals surface area (Å²) in [5.41, 5.74) is 2.11. The van der Waals surface area contributed by atoms with E-state index in [4.69, 9.17) is 0 Å². The number of para-hydroxylation sites is 1. The van der Waals surface area contributed by atoms with Crippen LogP contribution in [-0.2, 0) is 0 Å². The molecule has 0 bridgehead atoms. The molecule has 1 aliphatic rings. The average Bonchev–Trinajstić information content (AvgIpc) is 3.06. The summed E-state index contributed by atoms with van der Waals surface area (Å²) in [6.07, 6.45) is 3.32. The molecule has 2 heterocycles. The Morgan fingerprint density at radius 1 is 1.28 bits per heavy atom. The van der Waals surface area contributed by atoms with E-state index in [1.807, 2.05) is 43.4 Å². The molecule has 0 aliphatic heterocycles. The molecule has 25 heavy (non-hydrogen) atoms. The molecule has 0 spiro atoms. The number of hydrogen-bond donors (Lipinski definition) is 2. The average molecular weight is 355 g/mol. The van der Waals surface area contributed by atoms with Gasteiger partial charge in [0.25, 0.3) is 0 Å². The van der Waals surface area contributed by atoms with Crippen LogP contribution in [0.4, 0.5) is 11.1 Å². The number of hydrogen-bond acceptors (Lipinski definition) is 7. The maximum absolute atomic E-state index is 9.75. The predicted octanol–water partition coefficient (Wildman–Crippen LogP) is 3.08. The molecule has 3 aromatic rings. The first-order chi connectivity index (χ1) is 12.1. The third-order valence-electron chi connectivity index (χ3n) is 4.69. The van der Waals surface area contributed by atoms with Gasteiger partial charge in [-0.2, -0.15) is 9.36 Å². The van der Waals surface area contributed by atoms with E-state index in [1.165, 1.54) is 11.5 Å². The van der Waals surface area contributed by atoms with Crippen molar-refractivity contribution in [3.8, 4) is 0 Å². The highest BCUT2D eigenvalue weighted by atomic mass is 32.1. The van der Waals surface area contributed by atoms with Gasteiger partial charge < -0.3 is 15.3 Å². The lowest BCUT2D eigenvalue weighted by Gasteiger charge is -2.38. The topological polar surface area (TPSA) is 74.2 Å². The minimum atomic E-state index is -0.200. The zero-order chi connectivity index (χ0) is 17.4. The smallest absolute Gasteiger partial charge is 0.238 e. The largest absolute Gasteiger partial charge is 0.393 e. The Hall–Kier alpha value is -2.25. The van der Waals surface area contributed by atoms with Gasteiger partial charge >= 0.3 is 0 Å². The third kappa shape index (κ3) is 3.29. The van der Waals surface area contributed by atoms with Crippen molar-refractivity contribution < 1.29 is 5.11 Å². The minimum absolute atomic E-state index is 0.0727. The number of aromatic nitrogens is 3. The number of pyridine rings is 1. The van der Waals surface area contributed by atoms with E-state index in [2.05, 4.69) is 31.8 Å². The number of fused-ring (bicyclic) bond motifs is 1. The molecule has 1 fully saturated rings. The Morgan fingerprint density at radius 3 is 2.80 bits per heavy atom. The van der Waals surface area contributed by atoms with E-state index in [-0.39, 0.29) is 12.1 Å². The van der Waals surface area contributed by atoms with E-state index < -0.39 is 0 Å². The van der Waals surface area contributed by atoms with Crippen molar-refractivity contribution >= 4 is 33.5 Å². The van der Waals surface area contributed by atoms with Crippen LogP contribution in [0.1, 0.15) is 24.4 Å². The van der Waals surface area contributed by atoms with Crippen LogP contribution < -0.4 is 10.2 Å². The van der Waals surface area contributed by atoms with Crippen molar-refractivity contribution in [1.82, 2.24) is 14.3 Å². The maximum atomic E-state index is 9.75. The van der Waals surface area contributed by atoms with Crippen LogP contribution in [0.15, 0.2) is 36.5 Å². The van der Waals surface area contributed by atoms with E-state index >= 15 is 0 Å². The summed E-state index contributed by atoms with van der Waals surface area (Å²) in [5, 5.41) is 15.2. The fourth-order valence-electron chi connectivity index (χ4n) is 3.22. The van der Waals surface area contributed by atoms with Gasteiger partial charge in [0, 0.05) is 37.2 Å². The Balaban J connectivity index is 1.64. The Kier molecular flexibility index (Phi) is 4.27. The van der Waals surface area contributed by atoms with Gasteiger partial charge in [-0.3, -0.25) is 4.98 Å². The van der Waals surface area contributed by atoms with Gasteiger partial charge in [0.2, 0.25) is 11.1 Å². The zero-order valence-electron chi connectivity index (χ0n) is 14.3. The van der Waals surface area contributed by atoms with E-state index in [1.54, 1.807) is 0 Å². The van der Waals surface area contributed by atoms with Crippen LogP contribution in [0.5, 0.6) is 0 Å². The second-order valence-corrected chi connectivity index (χ2v) is 7.51. The SMILES string of the molecule is CN(C)c1nsc(N[C@H](c2cnc3ccccc3c2)C2CC(O)C2)n1. The molecular weight excluding hydrogens is 334 g/mol. The molecule has 0 radical (unpaired) electrons. The van der Waals surface area contributed by atoms with Crippen LogP contribution in [0.3, 0.4) is 0 Å². The van der Waals surface area contributed by atoms with Gasteiger partial charge in [-0.15, -0.1) is 0 Å². The molecule has 1 aliphatic carbocycles. The number of benzene rings is 1. The summed E-state index contributed by atoms with van der Waals surface area (Å²) < 4.78 is 4.36. The molecule has 6 nitrogen and oxygen atoms in total. The molecule has 1 aromatic carbocycles. The monoisotopic (exact) mass is 355 g/mol. The Bertz CT molecular complexity index is 875. The van der Waals surface area contributed by atoms with Gasteiger partial charge in [-0.25, -0.2) is 0 Å². The molecular formula is C18H21N5OS. The van der Waals surface area contributed by atoms with Crippen LogP contribution in [0.25, 0.3) is 10.9 Å². The molecule has 0 amide bonds. The number of aliphatic hydroxyl groups is 1. The normalized spacial score (nSPS) is 20.9. The van der Waals surface area contributed by atoms with Gasteiger partial charge in [-0.05, 0) is 36.5 Å². The molecule has 1 atom stereocenters. The highest BCUT2D eigenvalue weighted by Gasteiger charge is 2.35. The molecule has 7 heteroatoms. The second-order valence-electron chi connectivity index (χ2n) is 6.76. The van der Waals surface area contributed by atoms with Crippen molar-refractivity contribution in [1.29, 1.82) is 0 Å². The molecule has 2 aromatic heterocycles. The first-order valence-corrected chi connectivity index (χ1v) is 9.18. The molecule has 0 saturated heterocycles. The highest BCUT2D eigenvalue weighted by molar-refractivity contribution is 7.09. The fourth-order valence-corrected chi connectivity index (χ4v) is 3.90. The quantitative estimate of drug-likeness (QED) is 0.733. The van der Waals surface area contributed by atoms with Crippen molar-refractivity contribution in [2.24, 2.45) is 5.92 Å². The number of rotatable bonds is 5. The predicted molar refractivity (Wildman–Crippen MR) is 101 cm³/mol. The second kappa shape index (κ2) is 6.57.